The van der Waals surface area contributed by atoms with E-state index in [-0.39, 0.29) is 11.8 Å². The summed E-state index contributed by atoms with van der Waals surface area (Å²) in [5.74, 6) is -1.59. The van der Waals surface area contributed by atoms with Crippen molar-refractivity contribution in [3.8, 4) is 0 Å². The van der Waals surface area contributed by atoms with Crippen LogP contribution < -0.4 is 0 Å². The Kier molecular flexibility index (Phi) is 4.48. The number of nitrogens with zero attached hydrogens (tertiary/aromatic N) is 5. The van der Waals surface area contributed by atoms with E-state index in [0.717, 1.165) is 11.6 Å². The van der Waals surface area contributed by atoms with Crippen LogP contribution in [0.25, 0.3) is 5.52 Å². The Labute approximate surface area is 187 Å². The summed E-state index contributed by atoms with van der Waals surface area (Å²) >= 11 is 0. The van der Waals surface area contributed by atoms with Crippen molar-refractivity contribution in [3.63, 3.8) is 0 Å². The van der Waals surface area contributed by atoms with Crippen LogP contribution in [0.3, 0.4) is 0 Å². The summed E-state index contributed by atoms with van der Waals surface area (Å²) in [4.78, 5) is 29.9. The molecule has 170 valence electrons. The van der Waals surface area contributed by atoms with Crippen LogP contribution in [0.4, 0.5) is 8.78 Å². The van der Waals surface area contributed by atoms with E-state index in [0.29, 0.717) is 49.9 Å². The van der Waals surface area contributed by atoms with Crippen molar-refractivity contribution >= 4 is 17.3 Å². The van der Waals surface area contributed by atoms with Gasteiger partial charge in [-0.25, -0.2) is 13.3 Å². The number of hydrogen-bond acceptors (Lipinski definition) is 5. The molecule has 6 rings (SSSR count). The van der Waals surface area contributed by atoms with Crippen LogP contribution in [-0.2, 0) is 9.53 Å². The number of pyridine rings is 1. The van der Waals surface area contributed by atoms with Crippen LogP contribution >= 0.6 is 0 Å². The molecule has 1 aromatic carbocycles. The number of ether oxygens (including phenoxy) is 1. The van der Waals surface area contributed by atoms with Crippen LogP contribution in [0, 0.1) is 11.6 Å². The first kappa shape index (κ1) is 20.2. The average molecular weight is 453 g/mol. The van der Waals surface area contributed by atoms with Gasteiger partial charge in [0.2, 0.25) is 0 Å². The molecule has 3 saturated heterocycles. The maximum Gasteiger partial charge on any atom is 0.257 e. The van der Waals surface area contributed by atoms with Crippen molar-refractivity contribution in [2.75, 3.05) is 13.1 Å². The van der Waals surface area contributed by atoms with Gasteiger partial charge in [-0.15, -0.1) is 5.10 Å². The first-order valence-electron chi connectivity index (χ1n) is 11.0. The molecular weight excluding hydrogens is 432 g/mol. The summed E-state index contributed by atoms with van der Waals surface area (Å²) in [6, 6.07) is 6.41. The van der Waals surface area contributed by atoms with Gasteiger partial charge in [-0.1, -0.05) is 5.21 Å². The topological polar surface area (TPSA) is 80.0 Å². The van der Waals surface area contributed by atoms with Crippen LogP contribution in [0.15, 0.2) is 42.7 Å². The molecule has 33 heavy (non-hydrogen) atoms. The first-order chi connectivity index (χ1) is 15.9. The molecule has 0 aliphatic carbocycles. The normalized spacial score (nSPS) is 24.1. The van der Waals surface area contributed by atoms with Gasteiger partial charge in [-0.2, -0.15) is 0 Å². The molecule has 10 heteroatoms. The number of rotatable bonds is 2. The SMILES string of the molecule is O=C(c1ccn2nncc2c1)N1CCC2(CC1)O[C@@H]1CC[C@@H](c3cc(F)cc(F)c3)N1C2=O. The molecular formula is C23H21F2N5O3. The molecule has 2 atom stereocenters. The van der Waals surface area contributed by atoms with E-state index < -0.39 is 29.5 Å². The van der Waals surface area contributed by atoms with Crippen LogP contribution in [0.5, 0.6) is 0 Å². The molecule has 1 spiro atoms. The molecule has 3 aromatic rings. The van der Waals surface area contributed by atoms with Crippen LogP contribution in [0.1, 0.15) is 47.6 Å². The number of carbonyl (C=O) groups excluding carboxylic acids is 2. The first-order valence-corrected chi connectivity index (χ1v) is 11.0. The molecule has 3 aliphatic rings. The summed E-state index contributed by atoms with van der Waals surface area (Å²) in [6.45, 7) is 0.764. The monoisotopic (exact) mass is 453 g/mol. The number of benzene rings is 1. The minimum Gasteiger partial charge on any atom is -0.342 e. The van der Waals surface area contributed by atoms with Gasteiger partial charge < -0.3 is 14.5 Å². The maximum atomic E-state index is 13.8. The van der Waals surface area contributed by atoms with Gasteiger partial charge in [0.1, 0.15) is 17.9 Å². The Morgan fingerprint density at radius 1 is 1.09 bits per heavy atom. The molecule has 0 unspecified atom stereocenters. The highest BCUT2D eigenvalue weighted by Gasteiger charge is 2.58. The van der Waals surface area contributed by atoms with Crippen molar-refractivity contribution in [2.24, 2.45) is 0 Å². The van der Waals surface area contributed by atoms with Crippen LogP contribution in [-0.4, -0.2) is 61.4 Å². The Bertz CT molecular complexity index is 1250. The van der Waals surface area contributed by atoms with E-state index >= 15 is 0 Å². The number of fused-ring (bicyclic) bond motifs is 2. The lowest BCUT2D eigenvalue weighted by Gasteiger charge is -2.37. The predicted octanol–water partition coefficient (Wildman–Crippen LogP) is 2.70. The van der Waals surface area contributed by atoms with Gasteiger partial charge in [0, 0.05) is 43.8 Å². The molecule has 2 amide bonds. The number of piperidine rings is 1. The van der Waals surface area contributed by atoms with Gasteiger partial charge in [0.05, 0.1) is 17.8 Å². The van der Waals surface area contributed by atoms with Crippen molar-refractivity contribution in [1.29, 1.82) is 0 Å². The van der Waals surface area contributed by atoms with Crippen molar-refractivity contribution in [3.05, 3.63) is 65.5 Å². The minimum atomic E-state index is -0.995. The highest BCUT2D eigenvalue weighted by Crippen LogP contribution is 2.47. The third kappa shape index (κ3) is 3.19. The lowest BCUT2D eigenvalue weighted by molar-refractivity contribution is -0.142. The van der Waals surface area contributed by atoms with Gasteiger partial charge in [-0.3, -0.25) is 9.59 Å². The average Bonchev–Trinajstić information content (AvgIpc) is 3.49. The highest BCUT2D eigenvalue weighted by atomic mass is 19.1. The lowest BCUT2D eigenvalue weighted by Crippen LogP contribution is -2.51. The van der Waals surface area contributed by atoms with E-state index in [1.165, 1.54) is 12.1 Å². The summed E-state index contributed by atoms with van der Waals surface area (Å²) in [5.41, 5.74) is 0.712. The fourth-order valence-electron chi connectivity index (χ4n) is 5.36. The third-order valence-electron chi connectivity index (χ3n) is 7.00. The van der Waals surface area contributed by atoms with E-state index in [4.69, 9.17) is 4.74 Å². The molecule has 0 saturated carbocycles. The molecule has 0 bridgehead atoms. The van der Waals surface area contributed by atoms with E-state index in [1.54, 1.807) is 38.8 Å². The summed E-state index contributed by atoms with van der Waals surface area (Å²) < 4.78 is 35.4. The van der Waals surface area contributed by atoms with Crippen molar-refractivity contribution in [2.45, 2.75) is 43.6 Å². The second-order valence-corrected chi connectivity index (χ2v) is 8.89. The van der Waals surface area contributed by atoms with E-state index in [1.807, 2.05) is 0 Å². The predicted molar refractivity (Wildman–Crippen MR) is 111 cm³/mol. The minimum absolute atomic E-state index is 0.118. The smallest absolute Gasteiger partial charge is 0.257 e. The summed E-state index contributed by atoms with van der Waals surface area (Å²) in [5, 5.41) is 7.72. The van der Waals surface area contributed by atoms with Gasteiger partial charge >= 0.3 is 0 Å². The number of carbonyl (C=O) groups is 2. The Morgan fingerprint density at radius 3 is 2.61 bits per heavy atom. The molecule has 0 N–H and O–H groups in total. The molecule has 8 nitrogen and oxygen atoms in total. The van der Waals surface area contributed by atoms with E-state index in [2.05, 4.69) is 10.3 Å². The fraction of sp³-hybridized carbons (Fsp3) is 0.391. The zero-order valence-corrected chi connectivity index (χ0v) is 17.7. The number of amides is 2. The molecule has 3 aliphatic heterocycles. The Hall–Kier alpha value is -3.40. The largest absolute Gasteiger partial charge is 0.342 e. The lowest BCUT2D eigenvalue weighted by atomic mass is 9.89. The maximum absolute atomic E-state index is 13.8. The molecule has 5 heterocycles. The Morgan fingerprint density at radius 2 is 1.85 bits per heavy atom. The standard InChI is InChI=1S/C23H21F2N5O3/c24-16-9-15(10-17(25)12-16)19-1-2-20-30(19)22(32)23(33-20)4-7-28(8-5-23)21(31)14-3-6-29-18(11-14)13-26-27-29/h3,6,9-13,19-20H,1-2,4-5,7-8H2/t19-,20+/m0/s1. The van der Waals surface area contributed by atoms with Crippen molar-refractivity contribution in [1.82, 2.24) is 24.6 Å². The number of likely N-dealkylation sites (tertiary alicyclic amines) is 1. The van der Waals surface area contributed by atoms with Gasteiger partial charge in [0.25, 0.3) is 11.8 Å². The van der Waals surface area contributed by atoms with Crippen molar-refractivity contribution < 1.29 is 23.1 Å². The van der Waals surface area contributed by atoms with Gasteiger partial charge in [0.15, 0.2) is 5.60 Å². The Balaban J connectivity index is 1.18. The zero-order valence-electron chi connectivity index (χ0n) is 17.7. The number of aromatic nitrogens is 3. The summed E-state index contributed by atoms with van der Waals surface area (Å²) in [7, 11) is 0. The molecule has 0 radical (unpaired) electrons. The van der Waals surface area contributed by atoms with E-state index in [9.17, 15) is 18.4 Å². The second-order valence-electron chi connectivity index (χ2n) is 8.89. The number of hydrogen-bond donors (Lipinski definition) is 0. The highest BCUT2D eigenvalue weighted by molar-refractivity contribution is 5.95. The number of halogens is 2. The zero-order chi connectivity index (χ0) is 22.7. The molecule has 3 fully saturated rings. The fourth-order valence-corrected chi connectivity index (χ4v) is 5.36. The summed E-state index contributed by atoms with van der Waals surface area (Å²) in [6.07, 6.45) is 4.82. The molecule has 2 aromatic heterocycles. The van der Waals surface area contributed by atoms with Crippen LogP contribution in [0.2, 0.25) is 0 Å². The third-order valence-corrected chi connectivity index (χ3v) is 7.00. The van der Waals surface area contributed by atoms with Gasteiger partial charge in [-0.05, 0) is 42.7 Å². The quantitative estimate of drug-likeness (QED) is 0.596. The second kappa shape index (κ2) is 7.31.